The summed E-state index contributed by atoms with van der Waals surface area (Å²) in [6.45, 7) is 28.5. The number of rotatable bonds is 38. The third-order valence-corrected chi connectivity index (χ3v) is 24.1. The molecular formula is C95H118Cl3N7O13S4. The predicted molar refractivity (Wildman–Crippen MR) is 503 cm³/mol. The number of ketones is 1. The summed E-state index contributed by atoms with van der Waals surface area (Å²) in [5.41, 5.74) is 5.93. The lowest BCUT2D eigenvalue weighted by Gasteiger charge is -2.33. The monoisotopic (exact) mass is 1800 g/mol. The Morgan fingerprint density at radius 3 is 1.07 bits per heavy atom. The number of hydrogen-bond acceptors (Lipinski definition) is 24. The van der Waals surface area contributed by atoms with Gasteiger partial charge in [-0.2, -0.15) is 0 Å². The predicted octanol–water partition coefficient (Wildman–Crippen LogP) is 22.1. The van der Waals surface area contributed by atoms with Gasteiger partial charge in [-0.15, -0.1) is 52.5 Å². The van der Waals surface area contributed by atoms with Crippen LogP contribution < -0.4 is 5.48 Å². The number of Topliss-reactive ketones (excluding diaryl/α,β-unsaturated/α-hetero) is 1. The van der Waals surface area contributed by atoms with Gasteiger partial charge >= 0.3 is 29.8 Å². The van der Waals surface area contributed by atoms with Crippen LogP contribution in [0.3, 0.4) is 0 Å². The number of likely N-dealkylation sites (tertiary alicyclic amines) is 1. The summed E-state index contributed by atoms with van der Waals surface area (Å²) in [7, 11) is 1.42. The SMILES string of the molecule is CC(C)(C(=O)O/N=C(\CCSc1ccc(Cl)cc1)c1ccccc1)N1CCCC1.CCC(NOC(=O)C(C)(C)OC)C(=O)c1ccccc1.CCC/C(=N\OC(=O)C(C)(C)O)c1ccccc1.CCN(CC)C(C)(C)C(=O)O/N=C(\CCSc1ccc(Cl)cc1)c1ccccc1.CSC(C)(C)C(=O)O/N=C(\CCSc1ccc(Cl)cc1)c1ccccc1. The number of thioether (sulfide) groups is 4. The van der Waals surface area contributed by atoms with E-state index in [1.54, 1.807) is 73.4 Å². The van der Waals surface area contributed by atoms with Crippen LogP contribution in [0.5, 0.6) is 0 Å². The van der Waals surface area contributed by atoms with Crippen LogP contribution in [-0.4, -0.2) is 163 Å². The maximum atomic E-state index is 12.7. The van der Waals surface area contributed by atoms with E-state index in [1.165, 1.54) is 32.7 Å². The number of nitrogens with zero attached hydrogens (tertiary/aromatic N) is 6. The molecule has 2 N–H and O–H groups in total. The van der Waals surface area contributed by atoms with Crippen LogP contribution in [0.4, 0.5) is 0 Å². The van der Waals surface area contributed by atoms with Crippen LogP contribution in [-0.2, 0) is 52.9 Å². The number of hydroxylamine groups is 1. The van der Waals surface area contributed by atoms with Crippen molar-refractivity contribution in [2.24, 2.45) is 20.6 Å². The van der Waals surface area contributed by atoms with Gasteiger partial charge in [0.25, 0.3) is 0 Å². The van der Waals surface area contributed by atoms with Gasteiger partial charge in [0, 0.05) is 78.9 Å². The molecule has 0 saturated carbocycles. The number of nitrogens with one attached hydrogen (secondary N) is 1. The number of halogens is 3. The molecule has 1 fully saturated rings. The summed E-state index contributed by atoms with van der Waals surface area (Å²) < 4.78 is 4.39. The average molecular weight is 1800 g/mol. The number of aliphatic hydroxyl groups is 1. The Labute approximate surface area is 753 Å². The van der Waals surface area contributed by atoms with Gasteiger partial charge in [0.1, 0.15) is 21.9 Å². The fourth-order valence-electron chi connectivity index (χ4n) is 11.0. The topological polar surface area (TPSA) is 246 Å². The van der Waals surface area contributed by atoms with Crippen molar-refractivity contribution < 1.29 is 62.8 Å². The molecule has 1 aliphatic rings. The molecule has 1 aliphatic heterocycles. The van der Waals surface area contributed by atoms with E-state index in [2.05, 4.69) is 35.9 Å². The number of benzene rings is 8. The third-order valence-electron chi connectivity index (χ3n) is 19.2. The van der Waals surface area contributed by atoms with Gasteiger partial charge in [0.05, 0.1) is 22.8 Å². The van der Waals surface area contributed by atoms with Crippen molar-refractivity contribution in [2.75, 3.05) is 56.8 Å². The number of ether oxygens (including phenoxy) is 1. The molecule has 27 heteroatoms. The number of likely N-dealkylation sites (N-methyl/N-ethyl adjacent to an activating group) is 1. The molecule has 8 aromatic carbocycles. The van der Waals surface area contributed by atoms with Crippen LogP contribution in [0.15, 0.2) is 260 Å². The lowest BCUT2D eigenvalue weighted by molar-refractivity contribution is -0.174. The van der Waals surface area contributed by atoms with Crippen molar-refractivity contribution in [1.29, 1.82) is 0 Å². The maximum absolute atomic E-state index is 12.7. The lowest BCUT2D eigenvalue weighted by atomic mass is 10.0. The molecule has 1 heterocycles. The molecule has 122 heavy (non-hydrogen) atoms. The standard InChI is InChI=1S/C23H27ClN2O2S.C23H29ClN2O2S.C20H22ClNO2S2.C15H21NO4.C14H19NO3/c1-23(2,26-15-6-7-16-26)22(27)28-25-21(18-8-4-3-5-9-18)14-17-29-20-12-10-19(24)11-13-20;1-5-26(6-2)23(3,4)22(27)28-25-21(18-10-8-7-9-11-18)16-17-29-20-14-12-19(24)13-15-20;1-20(2,25-3)19(23)24-22-18(15-7-5-4-6-8-15)13-14-26-17-11-9-16(21)10-12-17;1-5-12(13(17)11-9-7-6-8-10-11)16-20-14(18)15(2,3)19-4;1-4-8-12(11-9-6-5-7-10-11)15-18-13(16)14(2,3)17/h3-5,8-13H,6-7,14-17H2,1-2H3;7-15H,5-6,16-17H2,1-4H3;4-12H,13-14H2,1-3H3;6-10,12,16H,5H2,1-4H3;5-7,9-10,17H,4,8H2,1-3H3/b2*25-21+;22-18+;;15-12+. The van der Waals surface area contributed by atoms with E-state index in [-0.39, 0.29) is 23.7 Å². The van der Waals surface area contributed by atoms with Crippen molar-refractivity contribution in [3.63, 3.8) is 0 Å². The van der Waals surface area contributed by atoms with E-state index >= 15 is 0 Å². The molecule has 656 valence electrons. The Hall–Kier alpha value is -8.47. The number of oxime groups is 4. The van der Waals surface area contributed by atoms with Crippen LogP contribution in [0, 0.1) is 0 Å². The van der Waals surface area contributed by atoms with Crippen LogP contribution in [0.2, 0.25) is 15.1 Å². The Balaban J connectivity index is 0.000000274. The van der Waals surface area contributed by atoms with Gasteiger partial charge in [-0.25, -0.2) is 24.0 Å². The van der Waals surface area contributed by atoms with E-state index in [0.29, 0.717) is 43.4 Å². The summed E-state index contributed by atoms with van der Waals surface area (Å²) in [6.07, 6.45) is 8.29. The molecule has 9 rings (SSSR count). The van der Waals surface area contributed by atoms with E-state index in [0.717, 1.165) is 132 Å². The van der Waals surface area contributed by atoms with Crippen LogP contribution in [0.1, 0.15) is 181 Å². The number of carbonyl (C=O) groups excluding carboxylic acids is 6. The van der Waals surface area contributed by atoms with E-state index in [1.807, 2.05) is 276 Å². The Bertz CT molecular complexity index is 4470. The molecule has 0 amide bonds. The van der Waals surface area contributed by atoms with Crippen LogP contribution in [0.25, 0.3) is 0 Å². The van der Waals surface area contributed by atoms with Crippen molar-refractivity contribution in [1.82, 2.24) is 15.3 Å². The fraction of sp³-hybridized carbons (Fsp3) is 0.389. The molecule has 1 unspecified atom stereocenters. The normalized spacial score (nSPS) is 13.1. The highest BCUT2D eigenvalue weighted by molar-refractivity contribution is 8.00. The van der Waals surface area contributed by atoms with Crippen molar-refractivity contribution >= 4 is 140 Å². The van der Waals surface area contributed by atoms with Crippen LogP contribution >= 0.6 is 81.9 Å². The molecule has 0 bridgehead atoms. The summed E-state index contributed by atoms with van der Waals surface area (Å²) in [5.74, 6) is 0.0116. The zero-order chi connectivity index (χ0) is 89.7. The van der Waals surface area contributed by atoms with Gasteiger partial charge in [-0.3, -0.25) is 14.6 Å². The quantitative estimate of drug-likeness (QED) is 0.0120. The third kappa shape index (κ3) is 36.8. The summed E-state index contributed by atoms with van der Waals surface area (Å²) in [5, 5.41) is 28.2. The molecule has 0 radical (unpaired) electrons. The smallest absolute Gasteiger partial charge is 0.365 e. The first-order chi connectivity index (χ1) is 58.1. The molecule has 1 saturated heterocycles. The fourth-order valence-corrected chi connectivity index (χ4v) is 14.2. The zero-order valence-corrected chi connectivity index (χ0v) is 78.4. The number of hydrogen-bond donors (Lipinski definition) is 2. The highest BCUT2D eigenvalue weighted by atomic mass is 35.5. The molecule has 1 atom stereocenters. The van der Waals surface area contributed by atoms with E-state index < -0.39 is 45.0 Å². The molecule has 0 aromatic heterocycles. The largest absolute Gasteiger partial charge is 0.379 e. The Morgan fingerprint density at radius 2 is 0.762 bits per heavy atom. The van der Waals surface area contributed by atoms with E-state index in [4.69, 9.17) is 63.7 Å². The first-order valence-corrected chi connectivity index (χ1v) is 45.8. The minimum atomic E-state index is -1.53. The van der Waals surface area contributed by atoms with Gasteiger partial charge < -0.3 is 34.0 Å². The second-order valence-corrected chi connectivity index (χ2v) is 36.5. The first kappa shape index (κ1) is 104. The lowest BCUT2D eigenvalue weighted by Crippen LogP contribution is -2.50. The minimum absolute atomic E-state index is 0.115. The second kappa shape index (κ2) is 54.3. The van der Waals surface area contributed by atoms with Gasteiger partial charge in [0.15, 0.2) is 17.0 Å². The molecule has 0 aliphatic carbocycles. The summed E-state index contributed by atoms with van der Waals surface area (Å²) >= 11 is 24.4. The molecule has 0 spiro atoms. The molecule has 8 aromatic rings. The summed E-state index contributed by atoms with van der Waals surface area (Å²) in [4.78, 5) is 106. The Kier molecular flexibility index (Phi) is 46.3. The average Bonchev–Trinajstić information content (AvgIpc) is 1.78. The molecular weight excluding hydrogens is 1680 g/mol. The van der Waals surface area contributed by atoms with Crippen molar-refractivity contribution in [3.8, 4) is 0 Å². The maximum Gasteiger partial charge on any atom is 0.365 e. The summed E-state index contributed by atoms with van der Waals surface area (Å²) in [6, 6.07) is 70.6. The Morgan fingerprint density at radius 1 is 0.443 bits per heavy atom. The van der Waals surface area contributed by atoms with Gasteiger partial charge in [-0.05, 0) is 222 Å². The number of methoxy groups -OCH3 is 1. The highest BCUT2D eigenvalue weighted by Gasteiger charge is 2.39. The number of carbonyl (C=O) groups is 6. The zero-order valence-electron chi connectivity index (χ0n) is 72.8. The van der Waals surface area contributed by atoms with Crippen molar-refractivity contribution in [3.05, 3.63) is 267 Å². The molecule has 20 nitrogen and oxygen atoms in total. The second-order valence-electron chi connectivity index (χ2n) is 30.2. The van der Waals surface area contributed by atoms with E-state index in [9.17, 15) is 33.9 Å². The highest BCUT2D eigenvalue weighted by Crippen LogP contribution is 2.29. The first-order valence-electron chi connectivity index (χ1n) is 40.5. The minimum Gasteiger partial charge on any atom is -0.379 e. The van der Waals surface area contributed by atoms with Crippen molar-refractivity contribution in [2.45, 2.75) is 196 Å². The van der Waals surface area contributed by atoms with Gasteiger partial charge in [0.2, 0.25) is 0 Å². The van der Waals surface area contributed by atoms with Gasteiger partial charge in [-0.1, -0.05) is 241 Å².